The molecule has 0 aliphatic rings. The van der Waals surface area contributed by atoms with Crippen LogP contribution in [0.5, 0.6) is 0 Å². The number of para-hydroxylation sites is 2. The van der Waals surface area contributed by atoms with Crippen molar-refractivity contribution in [1.82, 2.24) is 4.57 Å². The number of hydrogen-bond donors (Lipinski definition) is 0. The molecule has 0 fully saturated rings. The summed E-state index contributed by atoms with van der Waals surface area (Å²) in [5.41, 5.74) is 7.81. The molecule has 0 radical (unpaired) electrons. The first-order chi connectivity index (χ1) is 21.3. The summed E-state index contributed by atoms with van der Waals surface area (Å²) >= 11 is 1.89. The summed E-state index contributed by atoms with van der Waals surface area (Å²) in [7, 11) is 0. The van der Waals surface area contributed by atoms with Crippen LogP contribution in [0.3, 0.4) is 0 Å². The zero-order chi connectivity index (χ0) is 28.1. The van der Waals surface area contributed by atoms with E-state index < -0.39 is 0 Å². The van der Waals surface area contributed by atoms with Crippen molar-refractivity contribution < 1.29 is 4.42 Å². The van der Waals surface area contributed by atoms with Crippen LogP contribution in [0.15, 0.2) is 144 Å². The van der Waals surface area contributed by atoms with Gasteiger partial charge in [0.15, 0.2) is 0 Å². The molecule has 0 bridgehead atoms. The number of benzene rings is 7. The Hall–Kier alpha value is -5.38. The van der Waals surface area contributed by atoms with E-state index >= 15 is 0 Å². The SMILES string of the molecule is c1ccc(-c2cc(-n3c4ccccc4c4cc5c(cc43)oc3ccccc35)cc3c2sc2cc4ccccc4cc23)cc1. The lowest BCUT2D eigenvalue weighted by Crippen LogP contribution is -1.95. The number of furan rings is 1. The molecule has 10 aromatic rings. The highest BCUT2D eigenvalue weighted by Crippen LogP contribution is 2.45. The van der Waals surface area contributed by atoms with Gasteiger partial charge in [-0.25, -0.2) is 0 Å². The third-order valence-corrected chi connectivity index (χ3v) is 10.1. The molecule has 3 heterocycles. The van der Waals surface area contributed by atoms with Crippen LogP contribution in [-0.2, 0) is 0 Å². The Morgan fingerprint density at radius 2 is 1.21 bits per heavy atom. The molecule has 7 aromatic carbocycles. The Morgan fingerprint density at radius 3 is 2.09 bits per heavy atom. The Labute approximate surface area is 250 Å². The average molecular weight is 566 g/mol. The van der Waals surface area contributed by atoms with Gasteiger partial charge in [-0.2, -0.15) is 0 Å². The molecule has 0 N–H and O–H groups in total. The zero-order valence-corrected chi connectivity index (χ0v) is 23.9. The van der Waals surface area contributed by atoms with Crippen molar-refractivity contribution in [3.8, 4) is 16.8 Å². The predicted octanol–water partition coefficient (Wildman–Crippen LogP) is 11.9. The number of rotatable bonds is 2. The monoisotopic (exact) mass is 565 g/mol. The summed E-state index contributed by atoms with van der Waals surface area (Å²) in [6.07, 6.45) is 0. The van der Waals surface area contributed by atoms with Crippen LogP contribution in [0.1, 0.15) is 0 Å². The Kier molecular flexibility index (Phi) is 4.63. The van der Waals surface area contributed by atoms with E-state index in [1.54, 1.807) is 0 Å². The van der Waals surface area contributed by atoms with Gasteiger partial charge in [-0.05, 0) is 58.8 Å². The van der Waals surface area contributed by atoms with Gasteiger partial charge in [-0.15, -0.1) is 11.3 Å². The van der Waals surface area contributed by atoms with E-state index in [-0.39, 0.29) is 0 Å². The topological polar surface area (TPSA) is 18.1 Å². The largest absolute Gasteiger partial charge is 0.456 e. The van der Waals surface area contributed by atoms with Gasteiger partial charge in [0.1, 0.15) is 11.2 Å². The first-order valence-electron chi connectivity index (χ1n) is 14.6. The van der Waals surface area contributed by atoms with E-state index in [9.17, 15) is 0 Å². The molecule has 10 rings (SSSR count). The highest BCUT2D eigenvalue weighted by Gasteiger charge is 2.19. The maximum Gasteiger partial charge on any atom is 0.137 e. The molecule has 0 spiro atoms. The average Bonchev–Trinajstić information content (AvgIpc) is 3.71. The third-order valence-electron chi connectivity index (χ3n) is 8.94. The molecule has 0 amide bonds. The summed E-state index contributed by atoms with van der Waals surface area (Å²) in [6, 6.07) is 50.6. The summed E-state index contributed by atoms with van der Waals surface area (Å²) in [5.74, 6) is 0. The third kappa shape index (κ3) is 3.28. The van der Waals surface area contributed by atoms with Crippen LogP contribution < -0.4 is 0 Å². The van der Waals surface area contributed by atoms with Gasteiger partial charge in [0.05, 0.1) is 11.0 Å². The summed E-state index contributed by atoms with van der Waals surface area (Å²) in [6.45, 7) is 0. The molecule has 0 unspecified atom stereocenters. The minimum atomic E-state index is 0.912. The molecule has 43 heavy (non-hydrogen) atoms. The molecule has 0 aliphatic carbocycles. The highest BCUT2D eigenvalue weighted by atomic mass is 32.1. The Morgan fingerprint density at radius 1 is 0.465 bits per heavy atom. The number of aromatic nitrogens is 1. The second kappa shape index (κ2) is 8.57. The van der Waals surface area contributed by atoms with Crippen molar-refractivity contribution in [3.05, 3.63) is 140 Å². The minimum Gasteiger partial charge on any atom is -0.456 e. The number of fused-ring (bicyclic) bond motifs is 10. The molecule has 3 aromatic heterocycles. The fraction of sp³-hybridized carbons (Fsp3) is 0. The van der Waals surface area contributed by atoms with Gasteiger partial charge in [0, 0.05) is 59.0 Å². The van der Waals surface area contributed by atoms with E-state index in [1.807, 2.05) is 17.4 Å². The van der Waals surface area contributed by atoms with Gasteiger partial charge in [0.25, 0.3) is 0 Å². The maximum absolute atomic E-state index is 6.39. The molecule has 0 saturated carbocycles. The van der Waals surface area contributed by atoms with Gasteiger partial charge < -0.3 is 8.98 Å². The summed E-state index contributed by atoms with van der Waals surface area (Å²) < 4.78 is 11.4. The lowest BCUT2D eigenvalue weighted by Gasteiger charge is -2.12. The van der Waals surface area contributed by atoms with E-state index in [1.165, 1.54) is 58.4 Å². The smallest absolute Gasteiger partial charge is 0.137 e. The zero-order valence-electron chi connectivity index (χ0n) is 23.0. The first kappa shape index (κ1) is 23.2. The minimum absolute atomic E-state index is 0.912. The standard InChI is InChI=1S/C40H23NOS/c1-2-10-24(11-3-1)30-20-27(21-34-33-18-25-12-4-5-13-26(25)19-39(33)43-40(30)34)41-35-16-8-6-14-28(35)31-22-32-29-15-7-9-17-37(29)42-38(32)23-36(31)41/h1-23H. The lowest BCUT2D eigenvalue weighted by atomic mass is 10.0. The highest BCUT2D eigenvalue weighted by molar-refractivity contribution is 7.26. The summed E-state index contributed by atoms with van der Waals surface area (Å²) in [5, 5.41) is 9.93. The predicted molar refractivity (Wildman–Crippen MR) is 184 cm³/mol. The van der Waals surface area contributed by atoms with Crippen molar-refractivity contribution >= 4 is 86.0 Å². The van der Waals surface area contributed by atoms with Crippen LogP contribution in [0.25, 0.3) is 91.5 Å². The molecule has 0 aliphatic heterocycles. The van der Waals surface area contributed by atoms with Crippen LogP contribution in [0.2, 0.25) is 0 Å². The van der Waals surface area contributed by atoms with Crippen molar-refractivity contribution in [1.29, 1.82) is 0 Å². The second-order valence-corrected chi connectivity index (χ2v) is 12.4. The van der Waals surface area contributed by atoms with E-state index in [2.05, 4.69) is 138 Å². The first-order valence-corrected chi connectivity index (χ1v) is 15.4. The van der Waals surface area contributed by atoms with Gasteiger partial charge in [-0.3, -0.25) is 0 Å². The van der Waals surface area contributed by atoms with Crippen LogP contribution >= 0.6 is 11.3 Å². The fourth-order valence-electron chi connectivity index (χ4n) is 6.97. The van der Waals surface area contributed by atoms with Crippen molar-refractivity contribution in [2.75, 3.05) is 0 Å². The van der Waals surface area contributed by atoms with E-state index in [4.69, 9.17) is 4.42 Å². The van der Waals surface area contributed by atoms with Crippen molar-refractivity contribution in [3.63, 3.8) is 0 Å². The number of nitrogens with zero attached hydrogens (tertiary/aromatic N) is 1. The van der Waals surface area contributed by atoms with E-state index in [0.29, 0.717) is 0 Å². The quantitative estimate of drug-likeness (QED) is 0.204. The molecule has 0 atom stereocenters. The van der Waals surface area contributed by atoms with Gasteiger partial charge in [0.2, 0.25) is 0 Å². The normalized spacial score (nSPS) is 12.2. The van der Waals surface area contributed by atoms with Crippen LogP contribution in [-0.4, -0.2) is 4.57 Å². The van der Waals surface area contributed by atoms with Crippen LogP contribution in [0, 0.1) is 0 Å². The Bertz CT molecular complexity index is 2720. The van der Waals surface area contributed by atoms with Gasteiger partial charge >= 0.3 is 0 Å². The molecule has 200 valence electrons. The van der Waals surface area contributed by atoms with Gasteiger partial charge in [-0.1, -0.05) is 91.0 Å². The molecule has 3 heteroatoms. The fourth-order valence-corrected chi connectivity index (χ4v) is 8.23. The number of hydrogen-bond acceptors (Lipinski definition) is 2. The van der Waals surface area contributed by atoms with E-state index in [0.717, 1.165) is 33.1 Å². The lowest BCUT2D eigenvalue weighted by molar-refractivity contribution is 0.669. The van der Waals surface area contributed by atoms with Crippen molar-refractivity contribution in [2.24, 2.45) is 0 Å². The molecular formula is C40H23NOS. The Balaban J connectivity index is 1.36. The summed E-state index contributed by atoms with van der Waals surface area (Å²) in [4.78, 5) is 0. The maximum atomic E-state index is 6.39. The molecule has 2 nitrogen and oxygen atoms in total. The molecule has 0 saturated heterocycles. The number of thiophene rings is 1. The molecular weight excluding hydrogens is 543 g/mol. The van der Waals surface area contributed by atoms with Crippen LogP contribution in [0.4, 0.5) is 0 Å². The van der Waals surface area contributed by atoms with Crippen molar-refractivity contribution in [2.45, 2.75) is 0 Å². The second-order valence-electron chi connectivity index (χ2n) is 11.3.